The Balaban J connectivity index is 0. The van der Waals surface area contributed by atoms with Gasteiger partial charge in [-0.1, -0.05) is 84.0 Å². The zero-order valence-electron chi connectivity index (χ0n) is 14.3. The second-order valence-corrected chi connectivity index (χ2v) is 6.00. The van der Waals surface area contributed by atoms with E-state index in [1.165, 1.54) is 64.2 Å². The number of hydrogen-bond acceptors (Lipinski definition) is 4. The zero-order chi connectivity index (χ0) is 16.5. The third-order valence-corrected chi connectivity index (χ3v) is 3.84. The molecule has 23 heavy (non-hydrogen) atoms. The van der Waals surface area contributed by atoms with Crippen molar-refractivity contribution in [2.45, 2.75) is 96.8 Å². The van der Waals surface area contributed by atoms with Crippen LogP contribution in [-0.4, -0.2) is 53.2 Å². The van der Waals surface area contributed by atoms with E-state index in [4.69, 9.17) is 5.11 Å². The molecular weight excluding hydrogens is 303 g/mol. The van der Waals surface area contributed by atoms with E-state index < -0.39 is 18.5 Å². The predicted octanol–water partition coefficient (Wildman–Crippen LogP) is 3.88. The van der Waals surface area contributed by atoms with Gasteiger partial charge in [0.15, 0.2) is 0 Å². The molecule has 0 aliphatic carbocycles. The number of carbonyl (C=O) groups excluding carboxylic acids is 2. The van der Waals surface area contributed by atoms with Gasteiger partial charge in [0.05, 0.1) is 0 Å². The normalized spacial score (nSPS) is 10.2. The van der Waals surface area contributed by atoms with Crippen LogP contribution in [0.1, 0.15) is 96.8 Å². The predicted molar refractivity (Wildman–Crippen MR) is 95.6 cm³/mol. The van der Waals surface area contributed by atoms with Crippen molar-refractivity contribution < 1.29 is 19.4 Å². The fourth-order valence-electron chi connectivity index (χ4n) is 2.50. The third kappa shape index (κ3) is 20.1. The molecule has 0 aromatic heterocycles. The molecule has 0 heterocycles. The van der Waals surface area contributed by atoms with Crippen molar-refractivity contribution in [3.63, 3.8) is 0 Å². The molecule has 0 aromatic rings. The number of unbranched alkanes of at least 4 members (excludes halogenated alkanes) is 12. The van der Waals surface area contributed by atoms with E-state index in [1.807, 2.05) is 0 Å². The molecule has 0 aliphatic rings. The van der Waals surface area contributed by atoms with E-state index in [0.717, 1.165) is 19.3 Å². The van der Waals surface area contributed by atoms with Crippen molar-refractivity contribution in [3.8, 4) is 0 Å². The summed E-state index contributed by atoms with van der Waals surface area (Å²) in [4.78, 5) is 21.8. The van der Waals surface area contributed by atoms with Gasteiger partial charge in [-0.3, -0.25) is 4.79 Å². The standard InChI is InChI=1S/C18H34O4.Na.H/c1-2-3-4-5-6-7-8-9-10-11-12-13-14-15-17(20)22-18(21)16-19;;/h19H,2-16H2,1H3;;. The average Bonchev–Trinajstić information content (AvgIpc) is 2.51. The molecular formula is C18H35NaO4. The van der Waals surface area contributed by atoms with Gasteiger partial charge in [-0.2, -0.15) is 0 Å². The summed E-state index contributed by atoms with van der Waals surface area (Å²) in [6, 6.07) is 0. The maximum atomic E-state index is 11.2. The second kappa shape index (κ2) is 20.1. The Kier molecular flexibility index (Phi) is 22.2. The number of aliphatic hydroxyl groups is 1. The molecule has 132 valence electrons. The fourth-order valence-corrected chi connectivity index (χ4v) is 2.50. The SMILES string of the molecule is CCCCCCCCCCCCCCCC(=O)OC(=O)CO.[NaH]. The number of carbonyl (C=O) groups is 2. The van der Waals surface area contributed by atoms with E-state index in [9.17, 15) is 9.59 Å². The first-order chi connectivity index (χ1) is 10.7. The molecule has 0 saturated heterocycles. The van der Waals surface area contributed by atoms with E-state index in [2.05, 4.69) is 11.7 Å². The second-order valence-electron chi connectivity index (χ2n) is 6.00. The molecule has 5 heteroatoms. The van der Waals surface area contributed by atoms with Gasteiger partial charge in [-0.05, 0) is 6.42 Å². The summed E-state index contributed by atoms with van der Waals surface area (Å²) in [6.45, 7) is 1.52. The van der Waals surface area contributed by atoms with Crippen LogP contribution in [0.3, 0.4) is 0 Å². The van der Waals surface area contributed by atoms with Crippen LogP contribution in [-0.2, 0) is 14.3 Å². The first-order valence-electron chi connectivity index (χ1n) is 9.05. The van der Waals surface area contributed by atoms with Crippen molar-refractivity contribution in [1.82, 2.24) is 0 Å². The zero-order valence-corrected chi connectivity index (χ0v) is 14.3. The molecule has 0 aliphatic heterocycles. The summed E-state index contributed by atoms with van der Waals surface area (Å²) in [5.41, 5.74) is 0. The van der Waals surface area contributed by atoms with E-state index in [1.54, 1.807) is 0 Å². The molecule has 0 bridgehead atoms. The molecule has 0 fully saturated rings. The minimum absolute atomic E-state index is 0. The maximum absolute atomic E-state index is 11.2. The molecule has 0 atom stereocenters. The van der Waals surface area contributed by atoms with Gasteiger partial charge < -0.3 is 9.84 Å². The minimum atomic E-state index is -0.861. The van der Waals surface area contributed by atoms with Gasteiger partial charge in [0.25, 0.3) is 0 Å². The quantitative estimate of drug-likeness (QED) is 0.213. The van der Waals surface area contributed by atoms with Gasteiger partial charge in [-0.25, -0.2) is 4.79 Å². The van der Waals surface area contributed by atoms with Crippen LogP contribution < -0.4 is 0 Å². The molecule has 0 unspecified atom stereocenters. The molecule has 0 radical (unpaired) electrons. The number of rotatable bonds is 15. The van der Waals surface area contributed by atoms with Crippen LogP contribution in [0.25, 0.3) is 0 Å². The number of hydrogen-bond donors (Lipinski definition) is 1. The molecule has 0 saturated carbocycles. The molecule has 0 spiro atoms. The van der Waals surface area contributed by atoms with Crippen molar-refractivity contribution in [2.24, 2.45) is 0 Å². The van der Waals surface area contributed by atoms with Crippen LogP contribution >= 0.6 is 0 Å². The van der Waals surface area contributed by atoms with Gasteiger partial charge in [-0.15, -0.1) is 0 Å². The van der Waals surface area contributed by atoms with E-state index >= 15 is 0 Å². The first kappa shape index (κ1) is 25.3. The Morgan fingerprint density at radius 3 is 1.48 bits per heavy atom. The van der Waals surface area contributed by atoms with Crippen molar-refractivity contribution >= 4 is 41.5 Å². The number of ether oxygens (including phenoxy) is 1. The first-order valence-corrected chi connectivity index (χ1v) is 9.05. The Morgan fingerprint density at radius 2 is 1.09 bits per heavy atom. The summed E-state index contributed by atoms with van der Waals surface area (Å²) < 4.78 is 4.38. The number of aliphatic hydroxyl groups excluding tert-OH is 1. The monoisotopic (exact) mass is 338 g/mol. The summed E-state index contributed by atoms with van der Waals surface area (Å²) in [6.07, 6.45) is 16.6. The molecule has 0 amide bonds. The van der Waals surface area contributed by atoms with E-state index in [-0.39, 0.29) is 36.0 Å². The summed E-state index contributed by atoms with van der Waals surface area (Å²) in [5.74, 6) is -1.39. The summed E-state index contributed by atoms with van der Waals surface area (Å²) in [7, 11) is 0. The Bertz CT molecular complexity index is 282. The van der Waals surface area contributed by atoms with Crippen molar-refractivity contribution in [1.29, 1.82) is 0 Å². The van der Waals surface area contributed by atoms with Crippen LogP contribution in [0.2, 0.25) is 0 Å². The third-order valence-electron chi connectivity index (χ3n) is 3.84. The van der Waals surface area contributed by atoms with Gasteiger partial charge in [0, 0.05) is 6.42 Å². The molecule has 4 nitrogen and oxygen atoms in total. The summed E-state index contributed by atoms with van der Waals surface area (Å²) >= 11 is 0. The topological polar surface area (TPSA) is 63.6 Å². The molecule has 0 rings (SSSR count). The fraction of sp³-hybridized carbons (Fsp3) is 0.889. The van der Waals surface area contributed by atoms with Crippen molar-refractivity contribution in [2.75, 3.05) is 6.61 Å². The van der Waals surface area contributed by atoms with Gasteiger partial charge in [0.2, 0.25) is 0 Å². The van der Waals surface area contributed by atoms with Gasteiger partial charge >= 0.3 is 41.5 Å². The Hall–Kier alpha value is 0.1000. The van der Waals surface area contributed by atoms with Crippen LogP contribution in [0.5, 0.6) is 0 Å². The summed E-state index contributed by atoms with van der Waals surface area (Å²) in [5, 5.41) is 8.44. The van der Waals surface area contributed by atoms with Crippen molar-refractivity contribution in [3.05, 3.63) is 0 Å². The average molecular weight is 338 g/mol. The van der Waals surface area contributed by atoms with Crippen LogP contribution in [0.15, 0.2) is 0 Å². The Morgan fingerprint density at radius 1 is 0.696 bits per heavy atom. The van der Waals surface area contributed by atoms with Gasteiger partial charge in [0.1, 0.15) is 6.61 Å². The number of esters is 2. The van der Waals surface area contributed by atoms with Crippen LogP contribution in [0, 0.1) is 0 Å². The van der Waals surface area contributed by atoms with Crippen LogP contribution in [0.4, 0.5) is 0 Å². The molecule has 0 aromatic carbocycles. The molecule has 1 N–H and O–H groups in total. The Labute approximate surface area is 164 Å². The van der Waals surface area contributed by atoms with E-state index in [0.29, 0.717) is 0 Å².